The SMILES string of the molecule is Brc1ccc(Cc2cc[n+](Cc3ccccc3)cc2)cc1. The van der Waals surface area contributed by atoms with Crippen molar-refractivity contribution in [3.8, 4) is 0 Å². The fourth-order valence-corrected chi connectivity index (χ4v) is 2.61. The minimum atomic E-state index is 0.916. The number of rotatable bonds is 4. The topological polar surface area (TPSA) is 3.88 Å². The number of pyridine rings is 1. The third kappa shape index (κ3) is 4.02. The Hall–Kier alpha value is -1.93. The van der Waals surface area contributed by atoms with Crippen LogP contribution in [0.3, 0.4) is 0 Å². The first-order valence-corrected chi connectivity index (χ1v) is 7.85. The van der Waals surface area contributed by atoms with Gasteiger partial charge < -0.3 is 0 Å². The maximum Gasteiger partial charge on any atom is 0.173 e. The van der Waals surface area contributed by atoms with Gasteiger partial charge in [-0.15, -0.1) is 0 Å². The molecular formula is C19H17BrN+. The van der Waals surface area contributed by atoms with Crippen molar-refractivity contribution in [1.82, 2.24) is 0 Å². The van der Waals surface area contributed by atoms with E-state index in [1.54, 1.807) is 0 Å². The van der Waals surface area contributed by atoms with Crippen molar-refractivity contribution >= 4 is 15.9 Å². The predicted molar refractivity (Wildman–Crippen MR) is 89.1 cm³/mol. The van der Waals surface area contributed by atoms with Crippen LogP contribution in [0.15, 0.2) is 83.6 Å². The predicted octanol–water partition coefficient (Wildman–Crippen LogP) is 4.38. The maximum absolute atomic E-state index is 3.47. The van der Waals surface area contributed by atoms with Crippen LogP contribution < -0.4 is 4.57 Å². The van der Waals surface area contributed by atoms with Gasteiger partial charge >= 0.3 is 0 Å². The van der Waals surface area contributed by atoms with E-state index < -0.39 is 0 Å². The number of aromatic nitrogens is 1. The van der Waals surface area contributed by atoms with Crippen LogP contribution in [0, 0.1) is 0 Å². The molecule has 0 atom stereocenters. The Balaban J connectivity index is 1.68. The number of nitrogens with zero attached hydrogens (tertiary/aromatic N) is 1. The molecule has 2 aromatic carbocycles. The van der Waals surface area contributed by atoms with E-state index >= 15 is 0 Å². The van der Waals surface area contributed by atoms with Gasteiger partial charge in [0, 0.05) is 22.2 Å². The molecule has 1 nitrogen and oxygen atoms in total. The molecule has 0 amide bonds. The Bertz CT molecular complexity index is 688. The maximum atomic E-state index is 3.47. The quantitative estimate of drug-likeness (QED) is 0.621. The molecule has 1 heterocycles. The summed E-state index contributed by atoms with van der Waals surface area (Å²) in [5.41, 5.74) is 3.99. The van der Waals surface area contributed by atoms with Crippen molar-refractivity contribution in [2.45, 2.75) is 13.0 Å². The van der Waals surface area contributed by atoms with Crippen molar-refractivity contribution in [2.24, 2.45) is 0 Å². The van der Waals surface area contributed by atoms with E-state index in [2.05, 4.69) is 99.6 Å². The van der Waals surface area contributed by atoms with Crippen molar-refractivity contribution < 1.29 is 4.57 Å². The zero-order valence-electron chi connectivity index (χ0n) is 11.7. The average molecular weight is 339 g/mol. The average Bonchev–Trinajstić information content (AvgIpc) is 2.53. The lowest BCUT2D eigenvalue weighted by molar-refractivity contribution is -0.688. The Morgan fingerprint density at radius 3 is 1.95 bits per heavy atom. The van der Waals surface area contributed by atoms with Gasteiger partial charge in [-0.2, -0.15) is 0 Å². The second kappa shape index (κ2) is 6.68. The smallest absolute Gasteiger partial charge is 0.173 e. The monoisotopic (exact) mass is 338 g/mol. The molecule has 0 saturated heterocycles. The van der Waals surface area contributed by atoms with Crippen LogP contribution >= 0.6 is 15.9 Å². The first-order valence-electron chi connectivity index (χ1n) is 7.06. The fourth-order valence-electron chi connectivity index (χ4n) is 2.34. The summed E-state index contributed by atoms with van der Waals surface area (Å²) in [5, 5.41) is 0. The molecule has 0 unspecified atom stereocenters. The highest BCUT2D eigenvalue weighted by atomic mass is 79.9. The summed E-state index contributed by atoms with van der Waals surface area (Å²) in [6.45, 7) is 0.916. The van der Waals surface area contributed by atoms with Crippen LogP contribution in [0.5, 0.6) is 0 Å². The summed E-state index contributed by atoms with van der Waals surface area (Å²) in [6.07, 6.45) is 5.28. The molecule has 3 aromatic rings. The molecule has 3 rings (SSSR count). The van der Waals surface area contributed by atoms with E-state index in [0.29, 0.717) is 0 Å². The summed E-state index contributed by atoms with van der Waals surface area (Å²) >= 11 is 3.47. The Labute approximate surface area is 134 Å². The third-order valence-corrected chi connectivity index (χ3v) is 4.02. The fraction of sp³-hybridized carbons (Fsp3) is 0.105. The Kier molecular flexibility index (Phi) is 4.46. The minimum absolute atomic E-state index is 0.916. The molecule has 0 saturated carbocycles. The molecular weight excluding hydrogens is 322 g/mol. The molecule has 1 aromatic heterocycles. The Morgan fingerprint density at radius 1 is 0.667 bits per heavy atom. The van der Waals surface area contributed by atoms with E-state index in [4.69, 9.17) is 0 Å². The largest absolute Gasteiger partial charge is 0.201 e. The van der Waals surface area contributed by atoms with Gasteiger partial charge in [-0.3, -0.25) is 0 Å². The molecule has 0 aliphatic rings. The number of hydrogen-bond acceptors (Lipinski definition) is 0. The molecule has 0 aliphatic carbocycles. The second-order valence-electron chi connectivity index (χ2n) is 5.17. The van der Waals surface area contributed by atoms with Gasteiger partial charge in [0.05, 0.1) is 0 Å². The first kappa shape index (κ1) is 14.0. The van der Waals surface area contributed by atoms with E-state index in [1.165, 1.54) is 16.7 Å². The Morgan fingerprint density at radius 2 is 1.29 bits per heavy atom. The van der Waals surface area contributed by atoms with E-state index in [0.717, 1.165) is 17.4 Å². The third-order valence-electron chi connectivity index (χ3n) is 3.49. The van der Waals surface area contributed by atoms with Crippen LogP contribution in [-0.4, -0.2) is 0 Å². The summed E-state index contributed by atoms with van der Waals surface area (Å²) in [5.74, 6) is 0. The minimum Gasteiger partial charge on any atom is -0.201 e. The van der Waals surface area contributed by atoms with Crippen LogP contribution in [0.25, 0.3) is 0 Å². The molecule has 0 fully saturated rings. The molecule has 0 N–H and O–H groups in total. The number of hydrogen-bond donors (Lipinski definition) is 0. The number of benzene rings is 2. The molecule has 104 valence electrons. The van der Waals surface area contributed by atoms with E-state index in [9.17, 15) is 0 Å². The zero-order chi connectivity index (χ0) is 14.5. The summed E-state index contributed by atoms with van der Waals surface area (Å²) in [4.78, 5) is 0. The summed E-state index contributed by atoms with van der Waals surface area (Å²) in [6, 6.07) is 23.4. The van der Waals surface area contributed by atoms with Gasteiger partial charge in [0.2, 0.25) is 0 Å². The summed E-state index contributed by atoms with van der Waals surface area (Å²) < 4.78 is 3.33. The molecule has 21 heavy (non-hydrogen) atoms. The lowest BCUT2D eigenvalue weighted by Gasteiger charge is -2.02. The van der Waals surface area contributed by atoms with Crippen molar-refractivity contribution in [3.63, 3.8) is 0 Å². The molecule has 0 radical (unpaired) electrons. The number of halogens is 1. The molecule has 0 spiro atoms. The molecule has 2 heteroatoms. The summed E-state index contributed by atoms with van der Waals surface area (Å²) in [7, 11) is 0. The van der Waals surface area contributed by atoms with Gasteiger partial charge in [0.25, 0.3) is 0 Å². The highest BCUT2D eigenvalue weighted by Crippen LogP contribution is 2.13. The molecule has 0 aliphatic heterocycles. The van der Waals surface area contributed by atoms with Crippen molar-refractivity contribution in [3.05, 3.63) is 100 Å². The lowest BCUT2D eigenvalue weighted by Crippen LogP contribution is -2.33. The van der Waals surface area contributed by atoms with Gasteiger partial charge in [-0.25, -0.2) is 4.57 Å². The zero-order valence-corrected chi connectivity index (χ0v) is 13.3. The highest BCUT2D eigenvalue weighted by molar-refractivity contribution is 9.10. The molecule has 0 bridgehead atoms. The van der Waals surface area contributed by atoms with Gasteiger partial charge in [-0.05, 0) is 29.7 Å². The van der Waals surface area contributed by atoms with Gasteiger partial charge in [-0.1, -0.05) is 58.4 Å². The standard InChI is InChI=1S/C19H17BrN/c20-19-8-6-16(7-9-19)14-17-10-12-21(13-11-17)15-18-4-2-1-3-5-18/h1-13H,14-15H2/q+1. The highest BCUT2D eigenvalue weighted by Gasteiger charge is 2.03. The lowest BCUT2D eigenvalue weighted by atomic mass is 10.1. The van der Waals surface area contributed by atoms with Crippen LogP contribution in [0.4, 0.5) is 0 Å². The van der Waals surface area contributed by atoms with E-state index in [1.807, 2.05) is 0 Å². The second-order valence-corrected chi connectivity index (χ2v) is 6.08. The van der Waals surface area contributed by atoms with Gasteiger partial charge in [0.15, 0.2) is 18.9 Å². The van der Waals surface area contributed by atoms with E-state index in [-0.39, 0.29) is 0 Å². The van der Waals surface area contributed by atoms with Crippen LogP contribution in [0.1, 0.15) is 16.7 Å². The van der Waals surface area contributed by atoms with Crippen LogP contribution in [0.2, 0.25) is 0 Å². The van der Waals surface area contributed by atoms with Crippen molar-refractivity contribution in [1.29, 1.82) is 0 Å². The van der Waals surface area contributed by atoms with Gasteiger partial charge in [0.1, 0.15) is 0 Å². The normalized spacial score (nSPS) is 10.5. The first-order chi connectivity index (χ1) is 10.3. The van der Waals surface area contributed by atoms with Crippen LogP contribution in [-0.2, 0) is 13.0 Å². The van der Waals surface area contributed by atoms with Crippen molar-refractivity contribution in [2.75, 3.05) is 0 Å².